The van der Waals surface area contributed by atoms with Gasteiger partial charge in [-0.15, -0.1) is 0 Å². The maximum absolute atomic E-state index is 13.1. The Bertz CT molecular complexity index is 1280. The van der Waals surface area contributed by atoms with Crippen molar-refractivity contribution in [2.75, 3.05) is 13.2 Å². The van der Waals surface area contributed by atoms with Crippen LogP contribution in [-0.2, 0) is 14.3 Å². The number of nitrogens with one attached hydrogen (secondary N) is 1. The highest BCUT2D eigenvalue weighted by atomic mass is 16.7. The number of amides is 1. The molecule has 1 aliphatic rings. The van der Waals surface area contributed by atoms with Gasteiger partial charge in [0, 0.05) is 0 Å². The molecule has 0 aromatic heterocycles. The fourth-order valence-corrected chi connectivity index (χ4v) is 8.76. The van der Waals surface area contributed by atoms with Gasteiger partial charge in [-0.25, -0.2) is 0 Å². The van der Waals surface area contributed by atoms with Gasteiger partial charge in [0.05, 0.1) is 25.4 Å². The molecule has 402 valence electrons. The zero-order valence-electron chi connectivity index (χ0n) is 44.2. The van der Waals surface area contributed by atoms with Crippen LogP contribution in [0.3, 0.4) is 0 Å². The lowest BCUT2D eigenvalue weighted by molar-refractivity contribution is -0.302. The average Bonchev–Trinajstić information content (AvgIpc) is 3.35. The molecule has 0 saturated carbocycles. The SMILES string of the molecule is CCCCCC/C=C/CC/C=C/CC/C=C/C(O)C(COC1OC(CO)C(O)C(O)C1O)NC(=O)C(O)CCCCCCCCCCCCCCCC/C=C\C/C=C\CCCCCCCCCCC. The van der Waals surface area contributed by atoms with E-state index in [2.05, 4.69) is 67.8 Å². The molecule has 1 aliphatic heterocycles. The minimum absolute atomic E-state index is 0.299. The van der Waals surface area contributed by atoms with Gasteiger partial charge in [0.15, 0.2) is 6.29 Å². The van der Waals surface area contributed by atoms with Gasteiger partial charge in [-0.3, -0.25) is 4.79 Å². The minimum Gasteiger partial charge on any atom is -0.394 e. The van der Waals surface area contributed by atoms with Crippen molar-refractivity contribution >= 4 is 5.91 Å². The molecule has 8 atom stereocenters. The van der Waals surface area contributed by atoms with Crippen LogP contribution in [0.2, 0.25) is 0 Å². The number of unbranched alkanes of at least 4 members (excludes halogenated alkanes) is 29. The predicted octanol–water partition coefficient (Wildman–Crippen LogP) is 12.9. The van der Waals surface area contributed by atoms with Gasteiger partial charge in [-0.1, -0.05) is 229 Å². The number of ether oxygens (including phenoxy) is 2. The van der Waals surface area contributed by atoms with Gasteiger partial charge >= 0.3 is 0 Å². The largest absolute Gasteiger partial charge is 0.394 e. The molecular weight excluding hydrogens is 867 g/mol. The van der Waals surface area contributed by atoms with Crippen molar-refractivity contribution in [1.29, 1.82) is 0 Å². The average molecular weight is 975 g/mol. The maximum atomic E-state index is 13.1. The van der Waals surface area contributed by atoms with E-state index in [0.717, 1.165) is 51.4 Å². The lowest BCUT2D eigenvalue weighted by Gasteiger charge is -2.40. The first-order valence-corrected chi connectivity index (χ1v) is 28.6. The highest BCUT2D eigenvalue weighted by molar-refractivity contribution is 5.80. The zero-order chi connectivity index (χ0) is 50.3. The summed E-state index contributed by atoms with van der Waals surface area (Å²) in [4.78, 5) is 13.1. The Morgan fingerprint density at radius 3 is 1.36 bits per heavy atom. The smallest absolute Gasteiger partial charge is 0.249 e. The van der Waals surface area contributed by atoms with Gasteiger partial charge < -0.3 is 45.4 Å². The van der Waals surface area contributed by atoms with Gasteiger partial charge in [-0.05, 0) is 77.0 Å². The molecular formula is C59H107NO9. The molecule has 0 spiro atoms. The number of carbonyl (C=O) groups is 1. The van der Waals surface area contributed by atoms with E-state index >= 15 is 0 Å². The molecule has 8 unspecified atom stereocenters. The third-order valence-corrected chi connectivity index (χ3v) is 13.4. The van der Waals surface area contributed by atoms with Crippen LogP contribution in [0.25, 0.3) is 0 Å². The molecule has 1 saturated heterocycles. The quantitative estimate of drug-likeness (QED) is 0.0232. The van der Waals surface area contributed by atoms with E-state index in [1.807, 2.05) is 6.08 Å². The lowest BCUT2D eigenvalue weighted by Crippen LogP contribution is -2.60. The van der Waals surface area contributed by atoms with Crippen molar-refractivity contribution in [3.63, 3.8) is 0 Å². The van der Waals surface area contributed by atoms with E-state index in [-0.39, 0.29) is 6.61 Å². The van der Waals surface area contributed by atoms with Crippen LogP contribution in [0.1, 0.15) is 245 Å². The first-order chi connectivity index (χ1) is 33.8. The molecule has 0 aromatic carbocycles. The molecule has 1 amide bonds. The Morgan fingerprint density at radius 1 is 0.507 bits per heavy atom. The highest BCUT2D eigenvalue weighted by Gasteiger charge is 2.44. The maximum Gasteiger partial charge on any atom is 0.249 e. The van der Waals surface area contributed by atoms with Crippen LogP contribution in [-0.4, -0.2) is 98.7 Å². The fraction of sp³-hybridized carbons (Fsp3) is 0.814. The summed E-state index contributed by atoms with van der Waals surface area (Å²) < 4.78 is 11.2. The Morgan fingerprint density at radius 2 is 0.899 bits per heavy atom. The summed E-state index contributed by atoms with van der Waals surface area (Å²) in [5, 5.41) is 64.9. The summed E-state index contributed by atoms with van der Waals surface area (Å²) in [6.07, 6.45) is 54.8. The summed E-state index contributed by atoms with van der Waals surface area (Å²) in [6, 6.07) is -1.01. The molecule has 7 N–H and O–H groups in total. The second-order valence-electron chi connectivity index (χ2n) is 19.8. The van der Waals surface area contributed by atoms with E-state index in [1.54, 1.807) is 6.08 Å². The van der Waals surface area contributed by atoms with Crippen LogP contribution in [0.4, 0.5) is 0 Å². The van der Waals surface area contributed by atoms with E-state index in [1.165, 1.54) is 161 Å². The zero-order valence-corrected chi connectivity index (χ0v) is 44.2. The van der Waals surface area contributed by atoms with E-state index in [0.29, 0.717) is 19.3 Å². The standard InChI is InChI=1S/C59H107NO9/c1-3-5-7-9-11-13-15-17-19-20-21-22-23-24-25-26-27-28-29-30-31-32-33-34-36-38-40-42-44-46-48-53(63)58(67)60-51(50-68-59-57(66)56(65)55(64)54(49-61)69-59)52(62)47-45-43-41-39-37-35-18-16-14-12-10-8-6-4-2/h14,16,21-22,24-25,37,39,45,47,51-57,59,61-66H,3-13,15,17-20,23,26-36,38,40-44,46,48-50H2,1-2H3,(H,60,67)/b16-14+,22-21-,25-24-,39-37+,47-45+. The summed E-state index contributed by atoms with van der Waals surface area (Å²) in [5.74, 6) is -0.631. The number of aliphatic hydroxyl groups is 6. The third-order valence-electron chi connectivity index (χ3n) is 13.4. The lowest BCUT2D eigenvalue weighted by atomic mass is 9.99. The first-order valence-electron chi connectivity index (χ1n) is 28.6. The Hall–Kier alpha value is -2.15. The van der Waals surface area contributed by atoms with Crippen molar-refractivity contribution in [2.24, 2.45) is 0 Å². The van der Waals surface area contributed by atoms with Crippen LogP contribution >= 0.6 is 0 Å². The summed E-state index contributed by atoms with van der Waals surface area (Å²) in [6.45, 7) is 3.57. The predicted molar refractivity (Wildman–Crippen MR) is 287 cm³/mol. The molecule has 0 aromatic rings. The van der Waals surface area contributed by atoms with E-state index < -0.39 is 61.5 Å². The summed E-state index contributed by atoms with van der Waals surface area (Å²) in [7, 11) is 0. The summed E-state index contributed by atoms with van der Waals surface area (Å²) in [5.41, 5.74) is 0. The summed E-state index contributed by atoms with van der Waals surface area (Å²) >= 11 is 0. The molecule has 0 bridgehead atoms. The molecule has 69 heavy (non-hydrogen) atoms. The van der Waals surface area contributed by atoms with Gasteiger partial charge in [-0.2, -0.15) is 0 Å². The van der Waals surface area contributed by atoms with E-state index in [9.17, 15) is 35.4 Å². The highest BCUT2D eigenvalue weighted by Crippen LogP contribution is 2.23. The molecule has 10 nitrogen and oxygen atoms in total. The van der Waals surface area contributed by atoms with Crippen molar-refractivity contribution in [3.8, 4) is 0 Å². The van der Waals surface area contributed by atoms with E-state index in [4.69, 9.17) is 9.47 Å². The van der Waals surface area contributed by atoms with Gasteiger partial charge in [0.1, 0.15) is 30.5 Å². The molecule has 1 rings (SSSR count). The Kier molecular flexibility index (Phi) is 45.3. The Labute approximate surface area is 422 Å². The van der Waals surface area contributed by atoms with Crippen LogP contribution in [0.15, 0.2) is 60.8 Å². The number of hydrogen-bond donors (Lipinski definition) is 7. The van der Waals surface area contributed by atoms with Crippen molar-refractivity contribution in [3.05, 3.63) is 60.8 Å². The van der Waals surface area contributed by atoms with Crippen LogP contribution in [0.5, 0.6) is 0 Å². The number of allylic oxidation sites excluding steroid dienone is 9. The molecule has 1 fully saturated rings. The molecule has 0 radical (unpaired) electrons. The third kappa shape index (κ3) is 37.3. The second kappa shape index (κ2) is 48.1. The number of rotatable bonds is 48. The van der Waals surface area contributed by atoms with Crippen molar-refractivity contribution in [2.45, 2.75) is 294 Å². The van der Waals surface area contributed by atoms with Crippen LogP contribution in [0, 0.1) is 0 Å². The molecule has 0 aliphatic carbocycles. The number of aliphatic hydroxyl groups excluding tert-OH is 6. The normalized spacial score (nSPS) is 20.4. The Balaban J connectivity index is 2.22. The van der Waals surface area contributed by atoms with Gasteiger partial charge in [0.2, 0.25) is 5.91 Å². The van der Waals surface area contributed by atoms with Crippen molar-refractivity contribution < 1.29 is 44.9 Å². The second-order valence-corrected chi connectivity index (χ2v) is 19.8. The monoisotopic (exact) mass is 974 g/mol. The van der Waals surface area contributed by atoms with Gasteiger partial charge in [0.25, 0.3) is 0 Å². The first kappa shape index (κ1) is 64.9. The topological polar surface area (TPSA) is 169 Å². The number of carbonyl (C=O) groups excluding carboxylic acids is 1. The van der Waals surface area contributed by atoms with Crippen molar-refractivity contribution in [1.82, 2.24) is 5.32 Å². The fourth-order valence-electron chi connectivity index (χ4n) is 8.76. The molecule has 1 heterocycles. The number of hydrogen-bond acceptors (Lipinski definition) is 9. The van der Waals surface area contributed by atoms with Crippen LogP contribution < -0.4 is 5.32 Å². The minimum atomic E-state index is -1.62. The molecule has 10 heteroatoms.